The smallest absolute Gasteiger partial charge is 0.409 e. The van der Waals surface area contributed by atoms with E-state index in [4.69, 9.17) is 4.74 Å². The zero-order chi connectivity index (χ0) is 16.2. The van der Waals surface area contributed by atoms with Crippen molar-refractivity contribution in [3.05, 3.63) is 71.8 Å². The van der Waals surface area contributed by atoms with Gasteiger partial charge in [0.05, 0.1) is 19.2 Å². The zero-order valence-corrected chi connectivity index (χ0v) is 13.6. The molecule has 0 N–H and O–H groups in total. The van der Waals surface area contributed by atoms with Crippen LogP contribution in [0.3, 0.4) is 0 Å². The van der Waals surface area contributed by atoms with Crippen LogP contribution in [0.4, 0.5) is 4.79 Å². The molecule has 1 aliphatic heterocycles. The molecule has 120 valence electrons. The summed E-state index contributed by atoms with van der Waals surface area (Å²) in [4.78, 5) is 15.7. The van der Waals surface area contributed by atoms with Crippen LogP contribution in [0.1, 0.15) is 17.2 Å². The topological polar surface area (TPSA) is 32.8 Å². The quantitative estimate of drug-likeness (QED) is 0.869. The Labute approximate surface area is 137 Å². The molecule has 0 atom stereocenters. The van der Waals surface area contributed by atoms with Gasteiger partial charge in [-0.2, -0.15) is 0 Å². The van der Waals surface area contributed by atoms with Crippen molar-refractivity contribution in [2.75, 3.05) is 27.2 Å². The molecule has 0 radical (unpaired) electrons. The van der Waals surface area contributed by atoms with Crippen LogP contribution in [0, 0.1) is 0 Å². The van der Waals surface area contributed by atoms with E-state index in [2.05, 4.69) is 53.4 Å². The van der Waals surface area contributed by atoms with Gasteiger partial charge in [-0.15, -0.1) is 0 Å². The third-order valence-electron chi connectivity index (χ3n) is 4.50. The van der Waals surface area contributed by atoms with E-state index in [9.17, 15) is 4.79 Å². The van der Waals surface area contributed by atoms with Gasteiger partial charge in [-0.1, -0.05) is 60.7 Å². The molecule has 4 nitrogen and oxygen atoms in total. The Morgan fingerprint density at radius 3 is 1.96 bits per heavy atom. The van der Waals surface area contributed by atoms with Crippen molar-refractivity contribution in [2.24, 2.45) is 0 Å². The van der Waals surface area contributed by atoms with Crippen molar-refractivity contribution in [3.63, 3.8) is 0 Å². The first kappa shape index (κ1) is 15.6. The number of rotatable bonds is 4. The number of amides is 1. The molecule has 23 heavy (non-hydrogen) atoms. The highest BCUT2D eigenvalue weighted by Gasteiger charge is 2.37. The summed E-state index contributed by atoms with van der Waals surface area (Å²) in [6.07, 6.45) is -0.273. The summed E-state index contributed by atoms with van der Waals surface area (Å²) in [5, 5.41) is 0. The standard InChI is InChI=1S/C19H22N2O2/c1-20(19(22)23-2)17-13-21(14-17)18(15-9-5-3-6-10-15)16-11-7-4-8-12-16/h3-12,17-18H,13-14H2,1-2H3. The number of likely N-dealkylation sites (tertiary alicyclic amines) is 1. The van der Waals surface area contributed by atoms with Gasteiger partial charge >= 0.3 is 6.09 Å². The first-order valence-corrected chi connectivity index (χ1v) is 7.85. The summed E-state index contributed by atoms with van der Waals surface area (Å²) in [6.45, 7) is 1.69. The molecule has 1 aliphatic rings. The summed E-state index contributed by atoms with van der Waals surface area (Å²) in [7, 11) is 3.22. The van der Waals surface area contributed by atoms with Crippen molar-refractivity contribution in [1.29, 1.82) is 0 Å². The number of ether oxygens (including phenoxy) is 1. The van der Waals surface area contributed by atoms with Gasteiger partial charge in [0.1, 0.15) is 0 Å². The van der Waals surface area contributed by atoms with E-state index in [0.29, 0.717) is 0 Å². The molecule has 2 aromatic rings. The van der Waals surface area contributed by atoms with Gasteiger partial charge in [-0.05, 0) is 11.1 Å². The number of carbonyl (C=O) groups excluding carboxylic acids is 1. The Hall–Kier alpha value is -2.33. The zero-order valence-electron chi connectivity index (χ0n) is 13.6. The van der Waals surface area contributed by atoms with E-state index in [1.807, 2.05) is 12.1 Å². The highest BCUT2D eigenvalue weighted by Crippen LogP contribution is 2.33. The van der Waals surface area contributed by atoms with E-state index in [0.717, 1.165) is 13.1 Å². The highest BCUT2D eigenvalue weighted by molar-refractivity contribution is 5.67. The summed E-state index contributed by atoms with van der Waals surface area (Å²) >= 11 is 0. The van der Waals surface area contributed by atoms with E-state index in [-0.39, 0.29) is 18.2 Å². The SMILES string of the molecule is COC(=O)N(C)C1CN(C(c2ccccc2)c2ccccc2)C1. The highest BCUT2D eigenvalue weighted by atomic mass is 16.5. The van der Waals surface area contributed by atoms with Crippen molar-refractivity contribution >= 4 is 6.09 Å². The first-order valence-electron chi connectivity index (χ1n) is 7.85. The van der Waals surface area contributed by atoms with E-state index in [1.165, 1.54) is 18.2 Å². The Kier molecular flexibility index (Phi) is 4.63. The predicted molar refractivity (Wildman–Crippen MR) is 90.3 cm³/mol. The molecule has 1 saturated heterocycles. The second kappa shape index (κ2) is 6.84. The fourth-order valence-corrected chi connectivity index (χ4v) is 3.12. The summed E-state index contributed by atoms with van der Waals surface area (Å²) in [5.74, 6) is 0. The minimum Gasteiger partial charge on any atom is -0.453 e. The number of methoxy groups -OCH3 is 1. The molecule has 1 fully saturated rings. The van der Waals surface area contributed by atoms with Crippen molar-refractivity contribution < 1.29 is 9.53 Å². The van der Waals surface area contributed by atoms with Gasteiger partial charge in [-0.3, -0.25) is 4.90 Å². The molecule has 1 amide bonds. The molecular weight excluding hydrogens is 288 g/mol. The van der Waals surface area contributed by atoms with Crippen LogP contribution >= 0.6 is 0 Å². The maximum Gasteiger partial charge on any atom is 0.409 e. The lowest BCUT2D eigenvalue weighted by Crippen LogP contribution is -2.60. The lowest BCUT2D eigenvalue weighted by molar-refractivity contribution is 0.0251. The average molecular weight is 310 g/mol. The maximum absolute atomic E-state index is 11.6. The van der Waals surface area contributed by atoms with Crippen LogP contribution in [0.2, 0.25) is 0 Å². The summed E-state index contributed by atoms with van der Waals surface area (Å²) < 4.78 is 4.80. The largest absolute Gasteiger partial charge is 0.453 e. The summed E-state index contributed by atoms with van der Waals surface area (Å²) in [5.41, 5.74) is 2.55. The monoisotopic (exact) mass is 310 g/mol. The maximum atomic E-state index is 11.6. The molecule has 4 heteroatoms. The number of carbonyl (C=O) groups is 1. The van der Waals surface area contributed by atoms with E-state index >= 15 is 0 Å². The lowest BCUT2D eigenvalue weighted by Gasteiger charge is -2.47. The number of hydrogen-bond acceptors (Lipinski definition) is 3. The van der Waals surface area contributed by atoms with Gasteiger partial charge in [0.25, 0.3) is 0 Å². The van der Waals surface area contributed by atoms with Crippen LogP contribution in [0.15, 0.2) is 60.7 Å². The summed E-state index contributed by atoms with van der Waals surface area (Å²) in [6, 6.07) is 21.4. The van der Waals surface area contributed by atoms with Crippen molar-refractivity contribution in [2.45, 2.75) is 12.1 Å². The Balaban J connectivity index is 1.78. The second-order valence-corrected chi connectivity index (χ2v) is 5.91. The second-order valence-electron chi connectivity index (χ2n) is 5.91. The Morgan fingerprint density at radius 2 is 1.52 bits per heavy atom. The fraction of sp³-hybridized carbons (Fsp3) is 0.316. The molecule has 0 aliphatic carbocycles. The third kappa shape index (κ3) is 3.22. The van der Waals surface area contributed by atoms with Gasteiger partial charge in [0.2, 0.25) is 0 Å². The molecule has 0 spiro atoms. The molecule has 3 rings (SSSR count). The van der Waals surface area contributed by atoms with Crippen molar-refractivity contribution in [1.82, 2.24) is 9.80 Å². The fourth-order valence-electron chi connectivity index (χ4n) is 3.12. The molecule has 2 aromatic carbocycles. The average Bonchev–Trinajstić information content (AvgIpc) is 2.58. The molecule has 1 heterocycles. The Bertz CT molecular complexity index is 599. The number of benzene rings is 2. The van der Waals surface area contributed by atoms with Gasteiger partial charge < -0.3 is 9.64 Å². The van der Waals surface area contributed by atoms with Gasteiger partial charge in [0.15, 0.2) is 0 Å². The van der Waals surface area contributed by atoms with E-state index < -0.39 is 0 Å². The van der Waals surface area contributed by atoms with Crippen LogP contribution in [-0.2, 0) is 4.74 Å². The minimum absolute atomic E-state index is 0.206. The predicted octanol–water partition coefficient (Wildman–Crippen LogP) is 3.16. The molecule has 0 bridgehead atoms. The van der Waals surface area contributed by atoms with E-state index in [1.54, 1.807) is 11.9 Å². The van der Waals surface area contributed by atoms with Crippen LogP contribution in [0.25, 0.3) is 0 Å². The molecule has 0 aromatic heterocycles. The molecule has 0 saturated carbocycles. The molecular formula is C19H22N2O2. The minimum atomic E-state index is -0.273. The Morgan fingerprint density at radius 1 is 1.04 bits per heavy atom. The van der Waals surface area contributed by atoms with Crippen LogP contribution in [0.5, 0.6) is 0 Å². The lowest BCUT2D eigenvalue weighted by atomic mass is 9.93. The first-order chi connectivity index (χ1) is 11.2. The van der Waals surface area contributed by atoms with Crippen molar-refractivity contribution in [3.8, 4) is 0 Å². The number of hydrogen-bond donors (Lipinski definition) is 0. The molecule has 0 unspecified atom stereocenters. The van der Waals surface area contributed by atoms with Crippen LogP contribution in [-0.4, -0.2) is 49.2 Å². The van der Waals surface area contributed by atoms with Gasteiger partial charge in [0, 0.05) is 20.1 Å². The van der Waals surface area contributed by atoms with Gasteiger partial charge in [-0.25, -0.2) is 4.79 Å². The third-order valence-corrected chi connectivity index (χ3v) is 4.50. The number of likely N-dealkylation sites (N-methyl/N-ethyl adjacent to an activating group) is 1. The van der Waals surface area contributed by atoms with Crippen LogP contribution < -0.4 is 0 Å². The normalized spacial score (nSPS) is 15.3. The number of nitrogens with zero attached hydrogens (tertiary/aromatic N) is 2.